The van der Waals surface area contributed by atoms with Crippen LogP contribution in [0.1, 0.15) is 46.5 Å². The van der Waals surface area contributed by atoms with E-state index in [1.54, 1.807) is 7.11 Å². The van der Waals surface area contributed by atoms with Crippen molar-refractivity contribution < 1.29 is 4.74 Å². The van der Waals surface area contributed by atoms with Crippen molar-refractivity contribution in [2.45, 2.75) is 46.5 Å². The van der Waals surface area contributed by atoms with E-state index in [0.717, 1.165) is 23.7 Å². The quantitative estimate of drug-likeness (QED) is 0.543. The highest BCUT2D eigenvalue weighted by atomic mass is 16.5. The Morgan fingerprint density at radius 1 is 1.26 bits per heavy atom. The third-order valence-electron chi connectivity index (χ3n) is 3.47. The highest BCUT2D eigenvalue weighted by Gasteiger charge is 2.17. The summed E-state index contributed by atoms with van der Waals surface area (Å²) in [5.41, 5.74) is 8.03. The van der Waals surface area contributed by atoms with Gasteiger partial charge in [0.2, 0.25) is 0 Å². The molecule has 3 nitrogen and oxygen atoms in total. The zero-order valence-electron chi connectivity index (χ0n) is 12.8. The van der Waals surface area contributed by atoms with Gasteiger partial charge in [-0.1, -0.05) is 40.0 Å². The van der Waals surface area contributed by atoms with Crippen LogP contribution in [0, 0.1) is 5.41 Å². The van der Waals surface area contributed by atoms with Gasteiger partial charge in [-0.15, -0.1) is 0 Å². The Morgan fingerprint density at radius 2 is 2.00 bits per heavy atom. The SMILES string of the molecule is CCCCCC(C)(C)CNc1ccc(OC)cc1N. The lowest BCUT2D eigenvalue weighted by Crippen LogP contribution is -2.23. The van der Waals surface area contributed by atoms with Crippen molar-refractivity contribution in [3.8, 4) is 5.75 Å². The minimum Gasteiger partial charge on any atom is -0.497 e. The standard InChI is InChI=1S/C16H28N2O/c1-5-6-7-10-16(2,3)12-18-15-9-8-13(19-4)11-14(15)17/h8-9,11,18H,5-7,10,12,17H2,1-4H3. The topological polar surface area (TPSA) is 47.3 Å². The molecular weight excluding hydrogens is 236 g/mol. The van der Waals surface area contributed by atoms with Crippen LogP contribution in [0.3, 0.4) is 0 Å². The molecule has 1 aromatic rings. The number of unbranched alkanes of at least 4 members (excludes halogenated alkanes) is 2. The molecule has 0 aliphatic carbocycles. The van der Waals surface area contributed by atoms with E-state index >= 15 is 0 Å². The molecule has 0 aliphatic rings. The van der Waals surface area contributed by atoms with Gasteiger partial charge in [0.1, 0.15) is 5.75 Å². The largest absolute Gasteiger partial charge is 0.497 e. The second kappa shape index (κ2) is 7.27. The smallest absolute Gasteiger partial charge is 0.121 e. The molecule has 1 rings (SSSR count). The fourth-order valence-corrected chi connectivity index (χ4v) is 2.11. The molecule has 3 N–H and O–H groups in total. The fraction of sp³-hybridized carbons (Fsp3) is 0.625. The lowest BCUT2D eigenvalue weighted by atomic mass is 9.87. The molecule has 0 spiro atoms. The van der Waals surface area contributed by atoms with Crippen molar-refractivity contribution in [2.24, 2.45) is 5.41 Å². The second-order valence-corrected chi connectivity index (χ2v) is 5.93. The van der Waals surface area contributed by atoms with Gasteiger partial charge in [-0.2, -0.15) is 0 Å². The molecule has 0 atom stereocenters. The van der Waals surface area contributed by atoms with E-state index in [-0.39, 0.29) is 0 Å². The van der Waals surface area contributed by atoms with Gasteiger partial charge in [-0.25, -0.2) is 0 Å². The van der Waals surface area contributed by atoms with Crippen molar-refractivity contribution in [1.29, 1.82) is 0 Å². The van der Waals surface area contributed by atoms with Crippen LogP contribution in [0.2, 0.25) is 0 Å². The fourth-order valence-electron chi connectivity index (χ4n) is 2.11. The van der Waals surface area contributed by atoms with E-state index < -0.39 is 0 Å². The van der Waals surface area contributed by atoms with Crippen LogP contribution in [-0.4, -0.2) is 13.7 Å². The molecule has 0 saturated heterocycles. The van der Waals surface area contributed by atoms with E-state index in [4.69, 9.17) is 10.5 Å². The summed E-state index contributed by atoms with van der Waals surface area (Å²) in [7, 11) is 1.65. The Labute approximate surface area is 117 Å². The van der Waals surface area contributed by atoms with Crippen molar-refractivity contribution >= 4 is 11.4 Å². The lowest BCUT2D eigenvalue weighted by molar-refractivity contribution is 0.342. The van der Waals surface area contributed by atoms with Gasteiger partial charge in [0.25, 0.3) is 0 Å². The van der Waals surface area contributed by atoms with Crippen LogP contribution >= 0.6 is 0 Å². The average molecular weight is 264 g/mol. The van der Waals surface area contributed by atoms with Crippen molar-refractivity contribution in [2.75, 3.05) is 24.7 Å². The molecule has 0 amide bonds. The first-order valence-corrected chi connectivity index (χ1v) is 7.16. The number of nitrogens with two attached hydrogens (primary N) is 1. The summed E-state index contributed by atoms with van der Waals surface area (Å²) in [4.78, 5) is 0. The highest BCUT2D eigenvalue weighted by molar-refractivity contribution is 5.68. The van der Waals surface area contributed by atoms with Crippen molar-refractivity contribution in [1.82, 2.24) is 0 Å². The number of nitrogens with one attached hydrogen (secondary N) is 1. The summed E-state index contributed by atoms with van der Waals surface area (Å²) in [6.07, 6.45) is 5.12. The molecule has 0 radical (unpaired) electrons. The highest BCUT2D eigenvalue weighted by Crippen LogP contribution is 2.28. The van der Waals surface area contributed by atoms with Crippen LogP contribution in [0.5, 0.6) is 5.75 Å². The first-order chi connectivity index (χ1) is 8.98. The molecule has 0 fully saturated rings. The van der Waals surface area contributed by atoms with Crippen LogP contribution in [0.4, 0.5) is 11.4 Å². The Hall–Kier alpha value is -1.38. The van der Waals surface area contributed by atoms with E-state index in [0.29, 0.717) is 5.41 Å². The Kier molecular flexibility index (Phi) is 6.00. The number of ether oxygens (including phenoxy) is 1. The number of benzene rings is 1. The first-order valence-electron chi connectivity index (χ1n) is 7.16. The molecular formula is C16H28N2O. The zero-order chi connectivity index (χ0) is 14.3. The first kappa shape index (κ1) is 15.7. The molecule has 0 bridgehead atoms. The number of rotatable bonds is 8. The van der Waals surface area contributed by atoms with Crippen molar-refractivity contribution in [3.63, 3.8) is 0 Å². The molecule has 0 saturated carbocycles. The third-order valence-corrected chi connectivity index (χ3v) is 3.47. The monoisotopic (exact) mass is 264 g/mol. The summed E-state index contributed by atoms with van der Waals surface area (Å²) >= 11 is 0. The van der Waals surface area contributed by atoms with Gasteiger partial charge >= 0.3 is 0 Å². The van der Waals surface area contributed by atoms with Gasteiger partial charge in [-0.3, -0.25) is 0 Å². The van der Waals surface area contributed by atoms with Gasteiger partial charge in [0, 0.05) is 12.6 Å². The number of hydrogen-bond donors (Lipinski definition) is 2. The lowest BCUT2D eigenvalue weighted by Gasteiger charge is -2.26. The molecule has 19 heavy (non-hydrogen) atoms. The van der Waals surface area contributed by atoms with Crippen molar-refractivity contribution in [3.05, 3.63) is 18.2 Å². The van der Waals surface area contributed by atoms with Crippen LogP contribution in [-0.2, 0) is 0 Å². The maximum atomic E-state index is 6.01. The normalized spacial score (nSPS) is 11.4. The zero-order valence-corrected chi connectivity index (χ0v) is 12.8. The van der Waals surface area contributed by atoms with E-state index in [1.165, 1.54) is 25.7 Å². The van der Waals surface area contributed by atoms with E-state index in [9.17, 15) is 0 Å². The molecule has 3 heteroatoms. The Balaban J connectivity index is 2.51. The van der Waals surface area contributed by atoms with E-state index in [2.05, 4.69) is 26.1 Å². The molecule has 108 valence electrons. The maximum Gasteiger partial charge on any atom is 0.121 e. The average Bonchev–Trinajstić information content (AvgIpc) is 2.37. The Bertz CT molecular complexity index is 388. The number of nitrogen functional groups attached to an aromatic ring is 1. The summed E-state index contributed by atoms with van der Waals surface area (Å²) in [6, 6.07) is 5.77. The molecule has 0 unspecified atom stereocenters. The summed E-state index contributed by atoms with van der Waals surface area (Å²) < 4.78 is 5.15. The summed E-state index contributed by atoms with van der Waals surface area (Å²) in [5.74, 6) is 0.797. The minimum atomic E-state index is 0.293. The summed E-state index contributed by atoms with van der Waals surface area (Å²) in [6.45, 7) is 7.78. The second-order valence-electron chi connectivity index (χ2n) is 5.93. The molecule has 1 aromatic carbocycles. The van der Waals surface area contributed by atoms with Crippen LogP contribution < -0.4 is 15.8 Å². The van der Waals surface area contributed by atoms with Crippen LogP contribution in [0.25, 0.3) is 0 Å². The molecule has 0 heterocycles. The third kappa shape index (κ3) is 5.41. The van der Waals surface area contributed by atoms with Crippen LogP contribution in [0.15, 0.2) is 18.2 Å². The van der Waals surface area contributed by atoms with Gasteiger partial charge in [-0.05, 0) is 24.0 Å². The summed E-state index contributed by atoms with van der Waals surface area (Å²) in [5, 5.41) is 3.45. The number of hydrogen-bond acceptors (Lipinski definition) is 3. The number of methoxy groups -OCH3 is 1. The Morgan fingerprint density at radius 3 is 2.58 bits per heavy atom. The number of anilines is 2. The predicted molar refractivity (Wildman–Crippen MR) is 83.8 cm³/mol. The maximum absolute atomic E-state index is 6.01. The van der Waals surface area contributed by atoms with Gasteiger partial charge in [0.15, 0.2) is 0 Å². The van der Waals surface area contributed by atoms with E-state index in [1.807, 2.05) is 18.2 Å². The molecule has 0 aromatic heterocycles. The molecule has 0 aliphatic heterocycles. The minimum absolute atomic E-state index is 0.293. The predicted octanol–water partition coefficient (Wildman–Crippen LogP) is 4.30. The van der Waals surface area contributed by atoms with Gasteiger partial charge < -0.3 is 15.8 Å². The van der Waals surface area contributed by atoms with Gasteiger partial charge in [0.05, 0.1) is 18.5 Å².